The molecule has 0 spiro atoms. The summed E-state index contributed by atoms with van der Waals surface area (Å²) in [6, 6.07) is 3.84. The third-order valence-corrected chi connectivity index (χ3v) is 2.46. The van der Waals surface area contributed by atoms with Crippen molar-refractivity contribution in [3.63, 3.8) is 0 Å². The number of aromatic nitrogens is 2. The van der Waals surface area contributed by atoms with Gasteiger partial charge in [-0.05, 0) is 25.0 Å². The fraction of sp³-hybridized carbons (Fsp3) is 0.333. The lowest BCUT2D eigenvalue weighted by Crippen LogP contribution is -1.86. The molecule has 0 amide bonds. The quantitative estimate of drug-likeness (QED) is 0.852. The van der Waals surface area contributed by atoms with E-state index in [2.05, 4.69) is 10.1 Å². The summed E-state index contributed by atoms with van der Waals surface area (Å²) in [7, 11) is 0. The van der Waals surface area contributed by atoms with Crippen molar-refractivity contribution in [3.8, 4) is 11.3 Å². The number of aliphatic hydroxyl groups is 1. The lowest BCUT2D eigenvalue weighted by Gasteiger charge is -1.98. The number of pyridine rings is 1. The molecule has 0 bridgehead atoms. The van der Waals surface area contributed by atoms with Gasteiger partial charge in [0, 0.05) is 37.1 Å². The van der Waals surface area contributed by atoms with Crippen LogP contribution in [0.25, 0.3) is 11.3 Å². The van der Waals surface area contributed by atoms with Gasteiger partial charge in [-0.3, -0.25) is 4.98 Å². The number of aliphatic hydroxyl groups excluding tert-OH is 1. The highest BCUT2D eigenvalue weighted by atomic mass is 16.5. The molecular formula is C12H14N2O2. The van der Waals surface area contributed by atoms with Gasteiger partial charge in [0.1, 0.15) is 11.5 Å². The minimum absolute atomic E-state index is 0.169. The average Bonchev–Trinajstić information content (AvgIpc) is 2.75. The van der Waals surface area contributed by atoms with Crippen LogP contribution in [-0.4, -0.2) is 21.9 Å². The number of hydrogen-bond donors (Lipinski definition) is 1. The van der Waals surface area contributed by atoms with Crippen molar-refractivity contribution in [3.05, 3.63) is 35.9 Å². The maximum atomic E-state index is 8.72. The van der Waals surface area contributed by atoms with Crippen molar-refractivity contribution in [1.82, 2.24) is 10.1 Å². The third kappa shape index (κ3) is 2.28. The summed E-state index contributed by atoms with van der Waals surface area (Å²) in [5, 5.41) is 12.7. The molecule has 0 radical (unpaired) electrons. The van der Waals surface area contributed by atoms with Crippen LogP contribution in [0.3, 0.4) is 0 Å². The Labute approximate surface area is 93.9 Å². The molecule has 2 rings (SSSR count). The molecule has 0 aromatic carbocycles. The largest absolute Gasteiger partial charge is 0.396 e. The average molecular weight is 218 g/mol. The van der Waals surface area contributed by atoms with Gasteiger partial charge < -0.3 is 9.63 Å². The van der Waals surface area contributed by atoms with Crippen molar-refractivity contribution in [2.45, 2.75) is 19.8 Å². The Morgan fingerprint density at radius 1 is 1.44 bits per heavy atom. The van der Waals surface area contributed by atoms with Crippen molar-refractivity contribution < 1.29 is 9.63 Å². The van der Waals surface area contributed by atoms with Gasteiger partial charge in [0.2, 0.25) is 0 Å². The van der Waals surface area contributed by atoms with Crippen LogP contribution < -0.4 is 0 Å². The van der Waals surface area contributed by atoms with E-state index < -0.39 is 0 Å². The maximum Gasteiger partial charge on any atom is 0.137 e. The van der Waals surface area contributed by atoms with Gasteiger partial charge in [0.05, 0.1) is 0 Å². The molecule has 0 fully saturated rings. The maximum absolute atomic E-state index is 8.72. The van der Waals surface area contributed by atoms with Crippen LogP contribution in [0.4, 0.5) is 0 Å². The second kappa shape index (κ2) is 4.90. The minimum atomic E-state index is 0.169. The summed E-state index contributed by atoms with van der Waals surface area (Å²) >= 11 is 0. The molecule has 2 heterocycles. The topological polar surface area (TPSA) is 59.2 Å². The molecule has 84 valence electrons. The van der Waals surface area contributed by atoms with E-state index in [1.165, 1.54) is 0 Å². The minimum Gasteiger partial charge on any atom is -0.396 e. The zero-order chi connectivity index (χ0) is 11.4. The van der Waals surface area contributed by atoms with E-state index in [1.54, 1.807) is 12.4 Å². The Morgan fingerprint density at radius 3 is 3.06 bits per heavy atom. The van der Waals surface area contributed by atoms with Crippen LogP contribution in [0, 0.1) is 6.92 Å². The lowest BCUT2D eigenvalue weighted by atomic mass is 10.1. The number of nitrogens with zero attached hydrogens (tertiary/aromatic N) is 2. The summed E-state index contributed by atoms with van der Waals surface area (Å²) in [5.74, 6) is 0.798. The SMILES string of the molecule is Cc1ccncc1-c1cc(CCCO)on1. The number of hydrogen-bond acceptors (Lipinski definition) is 4. The zero-order valence-corrected chi connectivity index (χ0v) is 9.18. The first-order chi connectivity index (χ1) is 7.81. The molecule has 2 aromatic rings. The molecule has 16 heavy (non-hydrogen) atoms. The van der Waals surface area contributed by atoms with Gasteiger partial charge in [0.25, 0.3) is 0 Å². The van der Waals surface area contributed by atoms with E-state index in [0.717, 1.165) is 22.6 Å². The molecule has 0 aliphatic carbocycles. The van der Waals surface area contributed by atoms with Crippen LogP contribution in [0.5, 0.6) is 0 Å². The Hall–Kier alpha value is -1.68. The van der Waals surface area contributed by atoms with Crippen LogP contribution in [-0.2, 0) is 6.42 Å². The van der Waals surface area contributed by atoms with Crippen molar-refractivity contribution in [1.29, 1.82) is 0 Å². The van der Waals surface area contributed by atoms with Crippen molar-refractivity contribution in [2.24, 2.45) is 0 Å². The number of aryl methyl sites for hydroxylation is 2. The molecule has 2 aromatic heterocycles. The Morgan fingerprint density at radius 2 is 2.31 bits per heavy atom. The molecule has 0 aliphatic heterocycles. The standard InChI is InChI=1S/C12H14N2O2/c1-9-4-5-13-8-11(9)12-7-10(16-14-12)3-2-6-15/h4-5,7-8,15H,2-3,6H2,1H3. The smallest absolute Gasteiger partial charge is 0.137 e. The fourth-order valence-electron chi connectivity index (χ4n) is 1.54. The summed E-state index contributed by atoms with van der Waals surface area (Å²) in [5.41, 5.74) is 2.91. The Kier molecular flexibility index (Phi) is 3.31. The third-order valence-electron chi connectivity index (χ3n) is 2.46. The molecule has 4 heteroatoms. The first kappa shape index (κ1) is 10.8. The van der Waals surface area contributed by atoms with Gasteiger partial charge in [0.15, 0.2) is 0 Å². The van der Waals surface area contributed by atoms with Gasteiger partial charge in [-0.1, -0.05) is 5.16 Å². The van der Waals surface area contributed by atoms with Gasteiger partial charge >= 0.3 is 0 Å². The van der Waals surface area contributed by atoms with Crippen molar-refractivity contribution in [2.75, 3.05) is 6.61 Å². The van der Waals surface area contributed by atoms with E-state index >= 15 is 0 Å². The summed E-state index contributed by atoms with van der Waals surface area (Å²) < 4.78 is 5.19. The normalized spacial score (nSPS) is 10.6. The predicted molar refractivity (Wildman–Crippen MR) is 59.9 cm³/mol. The van der Waals surface area contributed by atoms with Crippen LogP contribution in [0.1, 0.15) is 17.7 Å². The van der Waals surface area contributed by atoms with E-state index in [1.807, 2.05) is 19.1 Å². The monoisotopic (exact) mass is 218 g/mol. The van der Waals surface area contributed by atoms with Crippen molar-refractivity contribution >= 4 is 0 Å². The Balaban J connectivity index is 2.22. The van der Waals surface area contributed by atoms with Gasteiger partial charge in [-0.15, -0.1) is 0 Å². The van der Waals surface area contributed by atoms with E-state index in [-0.39, 0.29) is 6.61 Å². The van der Waals surface area contributed by atoms with Crippen LogP contribution >= 0.6 is 0 Å². The summed E-state index contributed by atoms with van der Waals surface area (Å²) in [4.78, 5) is 4.07. The molecule has 0 aliphatic rings. The molecule has 0 saturated heterocycles. The first-order valence-electron chi connectivity index (χ1n) is 5.28. The van der Waals surface area contributed by atoms with Crippen LogP contribution in [0.2, 0.25) is 0 Å². The fourth-order valence-corrected chi connectivity index (χ4v) is 1.54. The summed E-state index contributed by atoms with van der Waals surface area (Å²) in [6.07, 6.45) is 4.94. The zero-order valence-electron chi connectivity index (χ0n) is 9.18. The molecular weight excluding hydrogens is 204 g/mol. The lowest BCUT2D eigenvalue weighted by molar-refractivity contribution is 0.280. The van der Waals surface area contributed by atoms with E-state index in [4.69, 9.17) is 9.63 Å². The first-order valence-corrected chi connectivity index (χ1v) is 5.28. The van der Waals surface area contributed by atoms with E-state index in [9.17, 15) is 0 Å². The molecule has 0 unspecified atom stereocenters. The second-order valence-electron chi connectivity index (χ2n) is 3.70. The van der Waals surface area contributed by atoms with Gasteiger partial charge in [-0.25, -0.2) is 0 Å². The predicted octanol–water partition coefficient (Wildman–Crippen LogP) is 1.97. The molecule has 0 atom stereocenters. The van der Waals surface area contributed by atoms with E-state index in [0.29, 0.717) is 12.8 Å². The molecule has 4 nitrogen and oxygen atoms in total. The second-order valence-corrected chi connectivity index (χ2v) is 3.70. The molecule has 1 N–H and O–H groups in total. The highest BCUT2D eigenvalue weighted by molar-refractivity contribution is 5.61. The highest BCUT2D eigenvalue weighted by Crippen LogP contribution is 2.22. The number of rotatable bonds is 4. The Bertz CT molecular complexity index is 466. The van der Waals surface area contributed by atoms with Crippen LogP contribution in [0.15, 0.2) is 29.0 Å². The van der Waals surface area contributed by atoms with Gasteiger partial charge in [-0.2, -0.15) is 0 Å². The molecule has 0 saturated carbocycles. The summed E-state index contributed by atoms with van der Waals surface area (Å²) in [6.45, 7) is 2.18. The highest BCUT2D eigenvalue weighted by Gasteiger charge is 2.08.